The third-order valence-electron chi connectivity index (χ3n) is 15.0. The van der Waals surface area contributed by atoms with Crippen LogP contribution in [0.3, 0.4) is 0 Å². The van der Waals surface area contributed by atoms with Crippen LogP contribution in [0.25, 0.3) is 0 Å². The third-order valence-corrected chi connectivity index (χ3v) is 15.0. The minimum Gasteiger partial charge on any atom is -0.508 e. The van der Waals surface area contributed by atoms with E-state index >= 15 is 0 Å². The maximum absolute atomic E-state index is 12.1. The second-order valence-electron chi connectivity index (χ2n) is 16.4. The molecule has 10 atom stereocenters. The minimum absolute atomic E-state index is 0.0584. The maximum Gasteiger partial charge on any atom is 0.150 e. The Morgan fingerprint density at radius 3 is 2.27 bits per heavy atom. The molecule has 3 heteroatoms. The van der Waals surface area contributed by atoms with Gasteiger partial charge in [0.1, 0.15) is 12.0 Å². The van der Waals surface area contributed by atoms with Crippen LogP contribution < -0.4 is 0 Å². The molecule has 1 aromatic carbocycles. The number of benzene rings is 1. The lowest BCUT2D eigenvalue weighted by atomic mass is 9.36. The number of allylic oxidation sites excluding steroid dienone is 2. The Morgan fingerprint density at radius 2 is 1.57 bits per heavy atom. The van der Waals surface area contributed by atoms with Gasteiger partial charge in [-0.2, -0.15) is 0 Å². The van der Waals surface area contributed by atoms with Crippen LogP contribution in [0.5, 0.6) is 5.75 Å². The van der Waals surface area contributed by atoms with Gasteiger partial charge in [0.05, 0.1) is 6.10 Å². The summed E-state index contributed by atoms with van der Waals surface area (Å²) in [5.74, 6) is 2.63. The van der Waals surface area contributed by atoms with Crippen LogP contribution in [0.15, 0.2) is 23.8 Å². The molecule has 2 N–H and O–H groups in total. The van der Waals surface area contributed by atoms with E-state index in [-0.39, 0.29) is 33.2 Å². The van der Waals surface area contributed by atoms with Gasteiger partial charge in [0.25, 0.3) is 0 Å². The second kappa shape index (κ2) is 9.19. The van der Waals surface area contributed by atoms with Crippen LogP contribution in [0.1, 0.15) is 134 Å². The van der Waals surface area contributed by atoms with Gasteiger partial charge in [-0.05, 0) is 152 Å². The first-order valence-electron chi connectivity index (χ1n) is 16.4. The van der Waals surface area contributed by atoms with Crippen molar-refractivity contribution in [3.8, 4) is 5.75 Å². The van der Waals surface area contributed by atoms with Gasteiger partial charge in [0.2, 0.25) is 0 Å². The number of carbonyl (C=O) groups is 1. The van der Waals surface area contributed by atoms with E-state index < -0.39 is 0 Å². The van der Waals surface area contributed by atoms with E-state index in [9.17, 15) is 15.0 Å². The van der Waals surface area contributed by atoms with Crippen molar-refractivity contribution in [3.63, 3.8) is 0 Å². The van der Waals surface area contributed by atoms with E-state index in [0.717, 1.165) is 55.1 Å². The van der Waals surface area contributed by atoms with Crippen LogP contribution in [-0.4, -0.2) is 22.6 Å². The highest BCUT2D eigenvalue weighted by Gasteiger charge is 2.67. The number of phenolic OH excluding ortho intramolecular Hbond substituents is 1. The van der Waals surface area contributed by atoms with E-state index in [1.807, 2.05) is 6.07 Å². The highest BCUT2D eigenvalue weighted by Crippen LogP contribution is 2.73. The number of fused-ring (bicyclic) bond motifs is 7. The second-order valence-corrected chi connectivity index (χ2v) is 16.4. The monoisotopic (exact) mass is 546 g/mol. The highest BCUT2D eigenvalue weighted by molar-refractivity contribution is 5.80. The topological polar surface area (TPSA) is 57.5 Å². The van der Waals surface area contributed by atoms with Crippen molar-refractivity contribution in [1.82, 2.24) is 0 Å². The van der Waals surface area contributed by atoms with E-state index in [4.69, 9.17) is 0 Å². The highest BCUT2D eigenvalue weighted by atomic mass is 16.3. The van der Waals surface area contributed by atoms with Crippen LogP contribution >= 0.6 is 0 Å². The summed E-state index contributed by atoms with van der Waals surface area (Å²) in [5, 5.41) is 22.6. The van der Waals surface area contributed by atoms with Crippen molar-refractivity contribution in [1.29, 1.82) is 0 Å². The molecule has 5 aliphatic carbocycles. The van der Waals surface area contributed by atoms with Crippen molar-refractivity contribution in [2.24, 2.45) is 45.3 Å². The Morgan fingerprint density at radius 1 is 0.900 bits per heavy atom. The van der Waals surface area contributed by atoms with E-state index in [1.54, 1.807) is 11.6 Å². The molecule has 3 saturated carbocycles. The molecule has 10 unspecified atom stereocenters. The fraction of sp³-hybridized carbons (Fsp3) is 0.757. The molecule has 220 valence electrons. The zero-order chi connectivity index (χ0) is 28.9. The molecule has 0 heterocycles. The quantitative estimate of drug-likeness (QED) is 0.293. The number of phenols is 1. The van der Waals surface area contributed by atoms with Gasteiger partial charge in [-0.1, -0.05) is 53.2 Å². The predicted molar refractivity (Wildman–Crippen MR) is 163 cm³/mol. The summed E-state index contributed by atoms with van der Waals surface area (Å²) in [6, 6.07) is 3.57. The lowest BCUT2D eigenvalue weighted by molar-refractivity contribution is -0.209. The van der Waals surface area contributed by atoms with Gasteiger partial charge in [-0.3, -0.25) is 4.79 Å². The smallest absolute Gasteiger partial charge is 0.150 e. The lowest BCUT2D eigenvalue weighted by Gasteiger charge is -2.69. The lowest BCUT2D eigenvalue weighted by Crippen LogP contribution is -2.63. The number of hydrogen-bond acceptors (Lipinski definition) is 3. The van der Waals surface area contributed by atoms with Gasteiger partial charge in [0.15, 0.2) is 0 Å². The van der Waals surface area contributed by atoms with Crippen molar-refractivity contribution in [3.05, 3.63) is 40.5 Å². The Balaban J connectivity index is 1.33. The summed E-state index contributed by atoms with van der Waals surface area (Å²) in [4.78, 5) is 12.1. The number of carbonyl (C=O) groups excluding carboxylic acids is 1. The van der Waals surface area contributed by atoms with Crippen LogP contribution in [0, 0.1) is 45.3 Å². The molecule has 40 heavy (non-hydrogen) atoms. The van der Waals surface area contributed by atoms with E-state index in [0.29, 0.717) is 29.4 Å². The molecule has 3 nitrogen and oxygen atoms in total. The predicted octanol–water partition coefficient (Wildman–Crippen LogP) is 8.79. The van der Waals surface area contributed by atoms with Gasteiger partial charge < -0.3 is 10.2 Å². The van der Waals surface area contributed by atoms with Crippen LogP contribution in [-0.2, 0) is 11.8 Å². The number of aliphatic hydroxyl groups is 1. The van der Waals surface area contributed by atoms with Gasteiger partial charge in [0, 0.05) is 5.56 Å². The number of rotatable bonds is 4. The minimum atomic E-state index is -0.224. The normalized spacial score (nSPS) is 47.9. The van der Waals surface area contributed by atoms with Gasteiger partial charge in [-0.15, -0.1) is 0 Å². The SMILES string of the molecule is CC1=CCCC(C)C1(C)CCC1(C)C(O)CCC2(C)C1CCC1(C)C3Cc4c(O)ccc(C=O)c4C3(C)CCC12. The Hall–Kier alpha value is -1.61. The van der Waals surface area contributed by atoms with Crippen LogP contribution in [0.2, 0.25) is 0 Å². The maximum atomic E-state index is 12.1. The van der Waals surface area contributed by atoms with Crippen LogP contribution in [0.4, 0.5) is 0 Å². The Bertz CT molecular complexity index is 1230. The fourth-order valence-electron chi connectivity index (χ4n) is 12.2. The van der Waals surface area contributed by atoms with Gasteiger partial charge >= 0.3 is 0 Å². The van der Waals surface area contributed by atoms with E-state index in [1.165, 1.54) is 38.5 Å². The van der Waals surface area contributed by atoms with Crippen molar-refractivity contribution in [2.45, 2.75) is 131 Å². The number of aromatic hydroxyl groups is 1. The average Bonchev–Trinajstić information content (AvgIpc) is 3.24. The molecule has 0 radical (unpaired) electrons. The first kappa shape index (κ1) is 28.5. The Kier molecular flexibility index (Phi) is 6.55. The zero-order valence-corrected chi connectivity index (χ0v) is 26.3. The molecule has 3 fully saturated rings. The summed E-state index contributed by atoms with van der Waals surface area (Å²) in [6.45, 7) is 17.3. The average molecular weight is 547 g/mol. The number of hydrogen-bond donors (Lipinski definition) is 2. The molecule has 0 saturated heterocycles. The standard InChI is InChI=1S/C37H54O3/c1-23-9-8-10-24(2)33(23,3)19-20-36(6)29-13-16-35(5)28(34(29,4)18-15-31(36)40)14-17-37(7)30(35)21-26-27(39)12-11-25(22-38)32(26)37/h9,11-12,22,24,28-31,39-40H,8,10,13-21H2,1-7H3. The van der Waals surface area contributed by atoms with Crippen molar-refractivity contribution in [2.75, 3.05) is 0 Å². The molecule has 1 aromatic rings. The number of aliphatic hydroxyl groups excluding tert-OH is 1. The molecule has 0 aromatic heterocycles. The molecule has 6 rings (SSSR count). The van der Waals surface area contributed by atoms with Crippen molar-refractivity contribution >= 4 is 6.29 Å². The summed E-state index contributed by atoms with van der Waals surface area (Å²) in [7, 11) is 0. The molecular formula is C37H54O3. The molecule has 0 bridgehead atoms. The van der Waals surface area contributed by atoms with Gasteiger partial charge in [-0.25, -0.2) is 0 Å². The third kappa shape index (κ3) is 3.61. The van der Waals surface area contributed by atoms with E-state index in [2.05, 4.69) is 54.5 Å². The summed E-state index contributed by atoms with van der Waals surface area (Å²) < 4.78 is 0. The fourth-order valence-corrected chi connectivity index (χ4v) is 12.2. The molecule has 0 amide bonds. The summed E-state index contributed by atoms with van der Waals surface area (Å²) in [5.41, 5.74) is 5.00. The molecule has 0 aliphatic heterocycles. The Labute approximate surface area is 243 Å². The number of aldehydes is 1. The molecule has 0 spiro atoms. The first-order chi connectivity index (χ1) is 18.8. The zero-order valence-electron chi connectivity index (χ0n) is 26.3. The first-order valence-corrected chi connectivity index (χ1v) is 16.4. The molecular weight excluding hydrogens is 492 g/mol. The summed E-state index contributed by atoms with van der Waals surface area (Å²) in [6.07, 6.45) is 15.5. The molecule has 5 aliphatic rings. The largest absolute Gasteiger partial charge is 0.508 e. The van der Waals surface area contributed by atoms with Crippen molar-refractivity contribution < 1.29 is 15.0 Å². The summed E-state index contributed by atoms with van der Waals surface area (Å²) >= 11 is 0.